The quantitative estimate of drug-likeness (QED) is 0.404. The van der Waals surface area contributed by atoms with Crippen LogP contribution in [0.4, 0.5) is 0 Å². The maximum absolute atomic E-state index is 11.0. The van der Waals surface area contributed by atoms with Crippen LogP contribution < -0.4 is 10.6 Å². The summed E-state index contributed by atoms with van der Waals surface area (Å²) in [5.41, 5.74) is -0.335. The topological polar surface area (TPSA) is 101 Å². The highest BCUT2D eigenvalue weighted by molar-refractivity contribution is 7.09. The number of nitrogens with zero attached hydrogens (tertiary/aromatic N) is 4. The predicted octanol–water partition coefficient (Wildman–Crippen LogP) is 2.54. The molecule has 0 bridgehead atoms. The van der Waals surface area contributed by atoms with Crippen LogP contribution in [0.25, 0.3) is 0 Å². The molecule has 1 unspecified atom stereocenters. The molecular weight excluding hydrogens is 388 g/mol. The summed E-state index contributed by atoms with van der Waals surface area (Å²) in [6.07, 6.45) is 0. The molecule has 3 N–H and O–H groups in total. The SMILES string of the molecule is Cc1cc(C(C)(O)CNC(=NCc2nnc(C)n2C)NCc2cccs2)c(C)o1. The van der Waals surface area contributed by atoms with E-state index in [-0.39, 0.29) is 6.54 Å². The molecule has 3 rings (SSSR count). The fourth-order valence-corrected chi connectivity index (χ4v) is 3.66. The molecule has 0 aliphatic heterocycles. The van der Waals surface area contributed by atoms with Gasteiger partial charge in [0.2, 0.25) is 0 Å². The van der Waals surface area contributed by atoms with Crippen molar-refractivity contribution in [2.75, 3.05) is 6.54 Å². The lowest BCUT2D eigenvalue weighted by atomic mass is 9.96. The molecule has 0 saturated heterocycles. The summed E-state index contributed by atoms with van der Waals surface area (Å²) in [4.78, 5) is 5.83. The van der Waals surface area contributed by atoms with Crippen LogP contribution in [-0.4, -0.2) is 32.4 Å². The maximum atomic E-state index is 11.0. The number of aromatic nitrogens is 3. The lowest BCUT2D eigenvalue weighted by molar-refractivity contribution is 0.0601. The smallest absolute Gasteiger partial charge is 0.192 e. The van der Waals surface area contributed by atoms with E-state index in [4.69, 9.17) is 4.42 Å². The number of hydrogen-bond donors (Lipinski definition) is 3. The Morgan fingerprint density at radius 1 is 1.31 bits per heavy atom. The third kappa shape index (κ3) is 5.24. The van der Waals surface area contributed by atoms with Crippen LogP contribution in [0.1, 0.15) is 40.5 Å². The van der Waals surface area contributed by atoms with Crippen molar-refractivity contribution in [2.45, 2.75) is 46.4 Å². The Bertz CT molecular complexity index is 971. The number of furan rings is 1. The Morgan fingerprint density at radius 2 is 2.10 bits per heavy atom. The second kappa shape index (κ2) is 8.79. The van der Waals surface area contributed by atoms with Gasteiger partial charge in [0.1, 0.15) is 29.5 Å². The van der Waals surface area contributed by atoms with Gasteiger partial charge in [-0.3, -0.25) is 0 Å². The molecule has 3 aromatic heterocycles. The predicted molar refractivity (Wildman–Crippen MR) is 114 cm³/mol. The van der Waals surface area contributed by atoms with Crippen LogP contribution in [0, 0.1) is 20.8 Å². The zero-order valence-electron chi connectivity index (χ0n) is 17.5. The van der Waals surface area contributed by atoms with Crippen LogP contribution in [-0.2, 0) is 25.7 Å². The van der Waals surface area contributed by atoms with Crippen molar-refractivity contribution < 1.29 is 9.52 Å². The van der Waals surface area contributed by atoms with Gasteiger partial charge in [-0.2, -0.15) is 0 Å². The lowest BCUT2D eigenvalue weighted by Gasteiger charge is -2.24. The molecule has 0 aliphatic rings. The van der Waals surface area contributed by atoms with Gasteiger partial charge in [0.15, 0.2) is 11.8 Å². The average molecular weight is 417 g/mol. The second-order valence-corrected chi connectivity index (χ2v) is 8.31. The van der Waals surface area contributed by atoms with Gasteiger partial charge in [0.05, 0.1) is 13.1 Å². The van der Waals surface area contributed by atoms with E-state index in [1.807, 2.05) is 49.9 Å². The first-order valence-corrected chi connectivity index (χ1v) is 10.3. The van der Waals surface area contributed by atoms with E-state index in [1.165, 1.54) is 4.88 Å². The molecule has 0 amide bonds. The van der Waals surface area contributed by atoms with E-state index in [2.05, 4.69) is 31.9 Å². The molecule has 0 aromatic carbocycles. The van der Waals surface area contributed by atoms with Gasteiger partial charge < -0.3 is 24.7 Å². The first kappa shape index (κ1) is 21.1. The van der Waals surface area contributed by atoms with Crippen LogP contribution in [0.15, 0.2) is 33.0 Å². The van der Waals surface area contributed by atoms with Crippen LogP contribution in [0.3, 0.4) is 0 Å². The van der Waals surface area contributed by atoms with Crippen molar-refractivity contribution in [3.63, 3.8) is 0 Å². The van der Waals surface area contributed by atoms with Crippen LogP contribution in [0.5, 0.6) is 0 Å². The van der Waals surface area contributed by atoms with Gasteiger partial charge in [0.25, 0.3) is 0 Å². The van der Waals surface area contributed by atoms with E-state index in [9.17, 15) is 5.11 Å². The number of aliphatic hydroxyl groups is 1. The molecular formula is C20H28N6O2S. The number of aliphatic imine (C=N–C) groups is 1. The molecule has 156 valence electrons. The van der Waals surface area contributed by atoms with Crippen molar-refractivity contribution in [2.24, 2.45) is 12.0 Å². The van der Waals surface area contributed by atoms with E-state index in [0.29, 0.717) is 24.8 Å². The molecule has 29 heavy (non-hydrogen) atoms. The molecule has 0 aliphatic carbocycles. The Hall–Kier alpha value is -2.65. The zero-order valence-corrected chi connectivity index (χ0v) is 18.3. The van der Waals surface area contributed by atoms with Crippen LogP contribution >= 0.6 is 11.3 Å². The largest absolute Gasteiger partial charge is 0.466 e. The summed E-state index contributed by atoms with van der Waals surface area (Å²) in [6, 6.07) is 5.95. The Labute approximate surface area is 174 Å². The molecule has 3 aromatic rings. The van der Waals surface area contributed by atoms with Gasteiger partial charge in [-0.05, 0) is 45.2 Å². The number of rotatable bonds is 7. The number of guanidine groups is 1. The molecule has 0 radical (unpaired) electrons. The third-order valence-corrected chi connectivity index (χ3v) is 5.67. The minimum Gasteiger partial charge on any atom is -0.466 e. The number of nitrogens with one attached hydrogen (secondary N) is 2. The standard InChI is InChI=1S/C20H28N6O2S/c1-13-9-17(14(2)28-13)20(4,27)12-23-19(21-10-16-7-6-8-29-16)22-11-18-25-24-15(3)26(18)5/h6-9,27H,10-12H2,1-5H3,(H2,21,22,23). The van der Waals surface area contributed by atoms with Crippen molar-refractivity contribution in [3.8, 4) is 0 Å². The molecule has 0 fully saturated rings. The highest BCUT2D eigenvalue weighted by atomic mass is 32.1. The van der Waals surface area contributed by atoms with Gasteiger partial charge >= 0.3 is 0 Å². The number of hydrogen-bond acceptors (Lipinski definition) is 6. The van der Waals surface area contributed by atoms with Crippen LogP contribution in [0.2, 0.25) is 0 Å². The van der Waals surface area contributed by atoms with Gasteiger partial charge in [-0.15, -0.1) is 21.5 Å². The summed E-state index contributed by atoms with van der Waals surface area (Å²) in [7, 11) is 1.92. The molecule has 0 spiro atoms. The van der Waals surface area contributed by atoms with E-state index in [0.717, 1.165) is 23.0 Å². The fraction of sp³-hybridized carbons (Fsp3) is 0.450. The molecule has 9 heteroatoms. The van der Waals surface area contributed by atoms with Crippen molar-refractivity contribution in [1.82, 2.24) is 25.4 Å². The summed E-state index contributed by atoms with van der Waals surface area (Å²) in [5, 5.41) is 27.8. The monoisotopic (exact) mass is 416 g/mol. The van der Waals surface area contributed by atoms with Crippen molar-refractivity contribution >= 4 is 17.3 Å². The minimum atomic E-state index is -1.10. The summed E-state index contributed by atoms with van der Waals surface area (Å²) < 4.78 is 7.49. The maximum Gasteiger partial charge on any atom is 0.192 e. The highest BCUT2D eigenvalue weighted by Crippen LogP contribution is 2.26. The number of aryl methyl sites for hydroxylation is 3. The highest BCUT2D eigenvalue weighted by Gasteiger charge is 2.28. The third-order valence-electron chi connectivity index (χ3n) is 4.79. The molecule has 1 atom stereocenters. The number of thiophene rings is 1. The van der Waals surface area contributed by atoms with E-state index >= 15 is 0 Å². The Balaban J connectivity index is 1.72. The van der Waals surface area contributed by atoms with Gasteiger partial charge in [-0.1, -0.05) is 6.07 Å². The summed E-state index contributed by atoms with van der Waals surface area (Å²) in [5.74, 6) is 3.70. The van der Waals surface area contributed by atoms with Crippen molar-refractivity contribution in [1.29, 1.82) is 0 Å². The van der Waals surface area contributed by atoms with Gasteiger partial charge in [-0.25, -0.2) is 4.99 Å². The van der Waals surface area contributed by atoms with Gasteiger partial charge in [0, 0.05) is 17.5 Å². The zero-order chi connectivity index (χ0) is 21.0. The first-order valence-electron chi connectivity index (χ1n) is 9.45. The van der Waals surface area contributed by atoms with E-state index < -0.39 is 5.60 Å². The average Bonchev–Trinajstić information content (AvgIpc) is 3.38. The molecule has 3 heterocycles. The Kier molecular flexibility index (Phi) is 6.39. The summed E-state index contributed by atoms with van der Waals surface area (Å²) >= 11 is 1.68. The van der Waals surface area contributed by atoms with Crippen molar-refractivity contribution in [3.05, 3.63) is 57.2 Å². The first-order chi connectivity index (χ1) is 13.8. The van der Waals surface area contributed by atoms with E-state index in [1.54, 1.807) is 18.3 Å². The normalized spacial score (nSPS) is 14.1. The lowest BCUT2D eigenvalue weighted by Crippen LogP contribution is -2.44. The summed E-state index contributed by atoms with van der Waals surface area (Å²) in [6.45, 7) is 8.70. The fourth-order valence-electron chi connectivity index (χ4n) is 3.01. The molecule has 8 nitrogen and oxygen atoms in total. The second-order valence-electron chi connectivity index (χ2n) is 7.27. The minimum absolute atomic E-state index is 0.279. The molecule has 0 saturated carbocycles. The Morgan fingerprint density at radius 3 is 2.69 bits per heavy atom.